The third-order valence-electron chi connectivity index (χ3n) is 4.19. The van der Waals surface area contributed by atoms with Gasteiger partial charge >= 0.3 is 0 Å². The fourth-order valence-corrected chi connectivity index (χ4v) is 3.15. The molecule has 19 heavy (non-hydrogen) atoms. The Hall–Kier alpha value is -1.06. The lowest BCUT2D eigenvalue weighted by Crippen LogP contribution is -2.29. The number of phenolic OH excluding ortho intramolecular Hbond substituents is 1. The molecule has 0 amide bonds. The smallest absolute Gasteiger partial charge is 0.115 e. The van der Waals surface area contributed by atoms with Crippen molar-refractivity contribution in [2.75, 3.05) is 20.6 Å². The van der Waals surface area contributed by atoms with Crippen LogP contribution in [0.4, 0.5) is 0 Å². The number of nitrogens with zero attached hydrogens (tertiary/aromatic N) is 1. The van der Waals surface area contributed by atoms with Gasteiger partial charge in [-0.1, -0.05) is 12.1 Å². The topological polar surface area (TPSA) is 43.7 Å². The van der Waals surface area contributed by atoms with E-state index in [-0.39, 0.29) is 6.10 Å². The van der Waals surface area contributed by atoms with Gasteiger partial charge in [0, 0.05) is 6.54 Å². The molecule has 0 heterocycles. The highest BCUT2D eigenvalue weighted by molar-refractivity contribution is 5.29. The zero-order chi connectivity index (χ0) is 13.8. The molecule has 1 aliphatic carbocycles. The van der Waals surface area contributed by atoms with Gasteiger partial charge in [-0.2, -0.15) is 0 Å². The van der Waals surface area contributed by atoms with Crippen LogP contribution in [0.3, 0.4) is 0 Å². The van der Waals surface area contributed by atoms with Crippen LogP contribution in [0.25, 0.3) is 0 Å². The Morgan fingerprint density at radius 3 is 2.21 bits per heavy atom. The monoisotopic (exact) mass is 263 g/mol. The number of rotatable bonds is 4. The highest BCUT2D eigenvalue weighted by Gasteiger charge is 2.28. The minimum absolute atomic E-state index is 0.101. The maximum atomic E-state index is 9.65. The predicted molar refractivity (Wildman–Crippen MR) is 77.4 cm³/mol. The summed E-state index contributed by atoms with van der Waals surface area (Å²) in [7, 11) is 4.20. The molecule has 1 aliphatic rings. The van der Waals surface area contributed by atoms with Crippen molar-refractivity contribution in [1.82, 2.24) is 4.90 Å². The zero-order valence-electron chi connectivity index (χ0n) is 11.9. The summed E-state index contributed by atoms with van der Waals surface area (Å²) in [6.45, 7) is 1.02. The molecule has 3 nitrogen and oxygen atoms in total. The standard InChI is InChI=1S/C16H25NO2/c1-17(2)11-16(12-3-7-14(18)8-4-12)13-5-9-15(19)10-6-13/h3-4,7-8,13,15-16,18-19H,5-6,9-11H2,1-2H3. The molecule has 106 valence electrons. The molecule has 0 aromatic heterocycles. The third-order valence-corrected chi connectivity index (χ3v) is 4.19. The minimum Gasteiger partial charge on any atom is -0.508 e. The fraction of sp³-hybridized carbons (Fsp3) is 0.625. The maximum absolute atomic E-state index is 9.65. The van der Waals surface area contributed by atoms with Crippen LogP contribution < -0.4 is 0 Å². The number of hydrogen-bond acceptors (Lipinski definition) is 3. The summed E-state index contributed by atoms with van der Waals surface area (Å²) in [5.74, 6) is 1.45. The van der Waals surface area contributed by atoms with Gasteiger partial charge in [0.2, 0.25) is 0 Å². The van der Waals surface area contributed by atoms with Crippen molar-refractivity contribution in [2.45, 2.75) is 37.7 Å². The number of likely N-dealkylation sites (N-methyl/N-ethyl adjacent to an activating group) is 1. The summed E-state index contributed by atoms with van der Waals surface area (Å²) in [4.78, 5) is 2.22. The second kappa shape index (κ2) is 6.40. The lowest BCUT2D eigenvalue weighted by atomic mass is 9.76. The average Bonchev–Trinajstić information content (AvgIpc) is 2.38. The Labute approximate surface area is 115 Å². The molecule has 1 aromatic carbocycles. The van der Waals surface area contributed by atoms with Crippen LogP contribution in [0.15, 0.2) is 24.3 Å². The van der Waals surface area contributed by atoms with Gasteiger partial charge in [0.15, 0.2) is 0 Å². The number of aliphatic hydroxyl groups is 1. The highest BCUT2D eigenvalue weighted by Crippen LogP contribution is 2.36. The van der Waals surface area contributed by atoms with E-state index < -0.39 is 0 Å². The first-order valence-corrected chi connectivity index (χ1v) is 7.18. The molecular weight excluding hydrogens is 238 g/mol. The quantitative estimate of drug-likeness (QED) is 0.877. The summed E-state index contributed by atoms with van der Waals surface area (Å²) in [6, 6.07) is 7.62. The highest BCUT2D eigenvalue weighted by atomic mass is 16.3. The van der Waals surface area contributed by atoms with E-state index >= 15 is 0 Å². The Morgan fingerprint density at radius 1 is 1.11 bits per heavy atom. The largest absolute Gasteiger partial charge is 0.508 e. The first kappa shape index (κ1) is 14.4. The van der Waals surface area contributed by atoms with Crippen molar-refractivity contribution in [2.24, 2.45) is 5.92 Å². The first-order valence-electron chi connectivity index (χ1n) is 7.18. The molecule has 1 unspecified atom stereocenters. The number of hydrogen-bond donors (Lipinski definition) is 2. The summed E-state index contributed by atoms with van der Waals surface area (Å²) >= 11 is 0. The van der Waals surface area contributed by atoms with Crippen molar-refractivity contribution in [1.29, 1.82) is 0 Å². The summed E-state index contributed by atoms with van der Waals surface area (Å²) in [6.07, 6.45) is 3.94. The number of aromatic hydroxyl groups is 1. The average molecular weight is 263 g/mol. The van der Waals surface area contributed by atoms with Gasteiger partial charge in [-0.15, -0.1) is 0 Å². The van der Waals surface area contributed by atoms with Crippen LogP contribution in [0, 0.1) is 5.92 Å². The van der Waals surface area contributed by atoms with Crippen LogP contribution in [0.1, 0.15) is 37.2 Å². The van der Waals surface area contributed by atoms with Crippen LogP contribution in [-0.2, 0) is 0 Å². The minimum atomic E-state index is -0.101. The molecule has 0 radical (unpaired) electrons. The molecule has 0 bridgehead atoms. The van der Waals surface area contributed by atoms with E-state index in [0.717, 1.165) is 32.2 Å². The molecule has 2 rings (SSSR count). The van der Waals surface area contributed by atoms with Crippen LogP contribution in [-0.4, -0.2) is 41.9 Å². The van der Waals surface area contributed by atoms with E-state index in [2.05, 4.69) is 19.0 Å². The normalized spacial score (nSPS) is 25.5. The summed E-state index contributed by atoms with van der Waals surface area (Å²) in [5.41, 5.74) is 1.30. The van der Waals surface area contributed by atoms with Crippen molar-refractivity contribution < 1.29 is 10.2 Å². The first-order chi connectivity index (χ1) is 9.06. The van der Waals surface area contributed by atoms with Gasteiger partial charge in [-0.25, -0.2) is 0 Å². The lowest BCUT2D eigenvalue weighted by molar-refractivity contribution is 0.0975. The molecule has 1 fully saturated rings. The fourth-order valence-electron chi connectivity index (χ4n) is 3.15. The van der Waals surface area contributed by atoms with Crippen LogP contribution in [0.2, 0.25) is 0 Å². The van der Waals surface area contributed by atoms with Gasteiger partial charge in [-0.3, -0.25) is 0 Å². The van der Waals surface area contributed by atoms with Gasteiger partial charge < -0.3 is 15.1 Å². The third kappa shape index (κ3) is 3.95. The number of phenols is 1. The molecule has 2 N–H and O–H groups in total. The zero-order valence-corrected chi connectivity index (χ0v) is 11.9. The van der Waals surface area contributed by atoms with Crippen LogP contribution in [0.5, 0.6) is 5.75 Å². The number of benzene rings is 1. The lowest BCUT2D eigenvalue weighted by Gasteiger charge is -2.34. The van der Waals surface area contributed by atoms with E-state index in [0.29, 0.717) is 17.6 Å². The van der Waals surface area contributed by atoms with Crippen molar-refractivity contribution in [3.63, 3.8) is 0 Å². The summed E-state index contributed by atoms with van der Waals surface area (Å²) < 4.78 is 0. The van der Waals surface area contributed by atoms with E-state index in [1.807, 2.05) is 12.1 Å². The van der Waals surface area contributed by atoms with Crippen molar-refractivity contribution in [3.8, 4) is 5.75 Å². The van der Waals surface area contributed by atoms with Gasteiger partial charge in [-0.05, 0) is 69.3 Å². The Balaban J connectivity index is 2.13. The van der Waals surface area contributed by atoms with Gasteiger partial charge in [0.05, 0.1) is 6.10 Å². The summed E-state index contributed by atoms with van der Waals surface area (Å²) in [5, 5.41) is 19.1. The Kier molecular flexibility index (Phi) is 4.83. The molecule has 0 aliphatic heterocycles. The van der Waals surface area contributed by atoms with Crippen LogP contribution >= 0.6 is 0 Å². The van der Waals surface area contributed by atoms with Gasteiger partial charge in [0.25, 0.3) is 0 Å². The Bertz CT molecular complexity index is 380. The molecule has 3 heteroatoms. The number of aliphatic hydroxyl groups excluding tert-OH is 1. The second-order valence-electron chi connectivity index (χ2n) is 6.03. The van der Waals surface area contributed by atoms with E-state index in [1.54, 1.807) is 12.1 Å². The second-order valence-corrected chi connectivity index (χ2v) is 6.03. The van der Waals surface area contributed by atoms with E-state index in [9.17, 15) is 10.2 Å². The molecule has 1 aromatic rings. The van der Waals surface area contributed by atoms with E-state index in [1.165, 1.54) is 5.56 Å². The molecule has 0 saturated heterocycles. The van der Waals surface area contributed by atoms with Crippen molar-refractivity contribution in [3.05, 3.63) is 29.8 Å². The van der Waals surface area contributed by atoms with E-state index in [4.69, 9.17) is 0 Å². The molecule has 1 atom stereocenters. The maximum Gasteiger partial charge on any atom is 0.115 e. The molecule has 0 spiro atoms. The van der Waals surface area contributed by atoms with Crippen molar-refractivity contribution >= 4 is 0 Å². The van der Waals surface area contributed by atoms with Gasteiger partial charge in [0.1, 0.15) is 5.75 Å². The molecular formula is C16H25NO2. The predicted octanol–water partition coefficient (Wildman–Crippen LogP) is 2.59. The SMILES string of the molecule is CN(C)CC(c1ccc(O)cc1)C1CCC(O)CC1. The molecule has 1 saturated carbocycles. The Morgan fingerprint density at radius 2 is 1.68 bits per heavy atom.